The molecular formula is C6H10NO4S+. The van der Waals surface area contributed by atoms with E-state index in [1.54, 1.807) is 6.92 Å². The van der Waals surface area contributed by atoms with Crippen molar-refractivity contribution in [1.29, 1.82) is 0 Å². The standard InChI is InChI=1S/C6H9NO4S/c1-3-7-4(5(8)9)2-12(3)6(10)11/h3-4,7H,2H2,1H3,(H-,8,9,10,11)/p+1. The first kappa shape index (κ1) is 9.34. The van der Waals surface area contributed by atoms with Crippen LogP contribution in [0.2, 0.25) is 0 Å². The molecule has 1 rings (SSSR count). The molecule has 1 fully saturated rings. The van der Waals surface area contributed by atoms with Crippen molar-refractivity contribution in [3.63, 3.8) is 0 Å². The van der Waals surface area contributed by atoms with Crippen LogP contribution >= 0.6 is 0 Å². The molecule has 3 atom stereocenters. The molecule has 12 heavy (non-hydrogen) atoms. The SMILES string of the molecule is CC1NC(C(=O)O)C[S+]1C(=O)O. The van der Waals surface area contributed by atoms with Crippen molar-refractivity contribution in [2.45, 2.75) is 18.3 Å². The van der Waals surface area contributed by atoms with Crippen molar-refractivity contribution in [2.75, 3.05) is 5.75 Å². The van der Waals surface area contributed by atoms with E-state index in [2.05, 4.69) is 5.32 Å². The van der Waals surface area contributed by atoms with Gasteiger partial charge in [0.2, 0.25) is 0 Å². The molecule has 1 aliphatic rings. The molecule has 3 unspecified atom stereocenters. The van der Waals surface area contributed by atoms with E-state index >= 15 is 0 Å². The molecule has 0 aromatic carbocycles. The van der Waals surface area contributed by atoms with Crippen molar-refractivity contribution < 1.29 is 19.8 Å². The van der Waals surface area contributed by atoms with Crippen LogP contribution in [0.1, 0.15) is 6.92 Å². The number of hydrogen-bond donors (Lipinski definition) is 3. The third kappa shape index (κ3) is 1.70. The highest BCUT2D eigenvalue weighted by Gasteiger charge is 2.48. The van der Waals surface area contributed by atoms with Gasteiger partial charge in [-0.15, -0.1) is 0 Å². The summed E-state index contributed by atoms with van der Waals surface area (Å²) in [7, 11) is -0.850. The Morgan fingerprint density at radius 1 is 1.50 bits per heavy atom. The molecule has 0 saturated carbocycles. The summed E-state index contributed by atoms with van der Waals surface area (Å²) in [4.78, 5) is 21.0. The third-order valence-corrected chi connectivity index (χ3v) is 3.86. The molecule has 0 aliphatic carbocycles. The molecule has 6 heteroatoms. The Hall–Kier alpha value is -0.750. The minimum absolute atomic E-state index is 0.200. The maximum atomic E-state index is 10.6. The highest BCUT2D eigenvalue weighted by Crippen LogP contribution is 2.15. The van der Waals surface area contributed by atoms with Gasteiger partial charge < -0.3 is 10.2 Å². The zero-order chi connectivity index (χ0) is 9.30. The van der Waals surface area contributed by atoms with E-state index in [0.717, 1.165) is 0 Å². The van der Waals surface area contributed by atoms with Gasteiger partial charge in [0, 0.05) is 0 Å². The second kappa shape index (κ2) is 3.32. The Kier molecular flexibility index (Phi) is 2.58. The van der Waals surface area contributed by atoms with Gasteiger partial charge in [0.15, 0.2) is 11.4 Å². The van der Waals surface area contributed by atoms with Gasteiger partial charge in [-0.2, -0.15) is 4.79 Å². The predicted molar refractivity (Wildman–Crippen MR) is 44.3 cm³/mol. The van der Waals surface area contributed by atoms with Crippen LogP contribution in [0.4, 0.5) is 4.79 Å². The second-order valence-electron chi connectivity index (χ2n) is 2.56. The topological polar surface area (TPSA) is 86.6 Å². The van der Waals surface area contributed by atoms with Crippen molar-refractivity contribution in [3.8, 4) is 0 Å². The predicted octanol–water partition coefficient (Wildman–Crippen LogP) is -0.315. The maximum absolute atomic E-state index is 10.6. The highest BCUT2D eigenvalue weighted by molar-refractivity contribution is 8.11. The molecule has 3 N–H and O–H groups in total. The summed E-state index contributed by atoms with van der Waals surface area (Å²) in [6.45, 7) is 1.69. The van der Waals surface area contributed by atoms with Crippen molar-refractivity contribution in [3.05, 3.63) is 0 Å². The van der Waals surface area contributed by atoms with Crippen LogP contribution in [0.5, 0.6) is 0 Å². The van der Waals surface area contributed by atoms with Crippen LogP contribution in [0.15, 0.2) is 0 Å². The summed E-state index contributed by atoms with van der Waals surface area (Å²) in [6.07, 6.45) is 0. The lowest BCUT2D eigenvalue weighted by atomic mass is 10.3. The van der Waals surface area contributed by atoms with E-state index in [1.807, 2.05) is 0 Å². The van der Waals surface area contributed by atoms with Crippen molar-refractivity contribution >= 4 is 22.2 Å². The fourth-order valence-electron chi connectivity index (χ4n) is 1.10. The second-order valence-corrected chi connectivity index (χ2v) is 4.81. The molecule has 0 amide bonds. The van der Waals surface area contributed by atoms with Crippen LogP contribution in [-0.4, -0.2) is 38.7 Å². The minimum atomic E-state index is -0.974. The van der Waals surface area contributed by atoms with E-state index in [9.17, 15) is 9.59 Å². The lowest BCUT2D eigenvalue weighted by Crippen LogP contribution is -2.35. The van der Waals surface area contributed by atoms with Gasteiger partial charge in [0.1, 0.15) is 16.6 Å². The summed E-state index contributed by atoms with van der Waals surface area (Å²) in [5.41, 5.74) is 0. The lowest BCUT2D eigenvalue weighted by molar-refractivity contribution is -0.138. The van der Waals surface area contributed by atoms with Crippen molar-refractivity contribution in [1.82, 2.24) is 5.32 Å². The van der Waals surface area contributed by atoms with Crippen LogP contribution in [0.3, 0.4) is 0 Å². The number of rotatable bonds is 1. The fraction of sp³-hybridized carbons (Fsp3) is 0.667. The monoisotopic (exact) mass is 192 g/mol. The zero-order valence-corrected chi connectivity index (χ0v) is 7.30. The molecule has 1 aliphatic heterocycles. The number of carbonyl (C=O) groups is 2. The zero-order valence-electron chi connectivity index (χ0n) is 6.48. The smallest absolute Gasteiger partial charge is 0.480 e. The molecule has 0 bridgehead atoms. The van der Waals surface area contributed by atoms with Gasteiger partial charge >= 0.3 is 11.3 Å². The maximum Gasteiger partial charge on any atom is 0.524 e. The largest absolute Gasteiger partial charge is 0.524 e. The first-order chi connectivity index (χ1) is 5.52. The lowest BCUT2D eigenvalue weighted by Gasteiger charge is -1.98. The highest BCUT2D eigenvalue weighted by atomic mass is 32.2. The van der Waals surface area contributed by atoms with E-state index in [-0.39, 0.29) is 11.1 Å². The first-order valence-corrected chi connectivity index (χ1v) is 4.89. The van der Waals surface area contributed by atoms with Gasteiger partial charge in [0.25, 0.3) is 0 Å². The molecule has 1 heterocycles. The van der Waals surface area contributed by atoms with Crippen LogP contribution in [0.25, 0.3) is 0 Å². The van der Waals surface area contributed by atoms with E-state index in [0.29, 0.717) is 0 Å². The Morgan fingerprint density at radius 2 is 2.08 bits per heavy atom. The first-order valence-electron chi connectivity index (χ1n) is 3.44. The Morgan fingerprint density at radius 3 is 2.33 bits per heavy atom. The van der Waals surface area contributed by atoms with Gasteiger partial charge in [-0.3, -0.25) is 10.1 Å². The number of nitrogens with one attached hydrogen (secondary N) is 1. The number of aliphatic carboxylic acids is 1. The number of carboxylic acids is 1. The summed E-state index contributed by atoms with van der Waals surface area (Å²) < 4.78 is 0. The normalized spacial score (nSPS) is 34.9. The Balaban J connectivity index is 2.62. The fourth-order valence-corrected chi connectivity index (χ4v) is 2.76. The molecule has 0 spiro atoms. The van der Waals surface area contributed by atoms with E-state index in [4.69, 9.17) is 10.2 Å². The third-order valence-electron chi connectivity index (χ3n) is 1.73. The average molecular weight is 192 g/mol. The Labute approximate surface area is 72.1 Å². The van der Waals surface area contributed by atoms with Crippen LogP contribution < -0.4 is 5.32 Å². The van der Waals surface area contributed by atoms with E-state index < -0.39 is 28.2 Å². The summed E-state index contributed by atoms with van der Waals surface area (Å²) in [5.74, 6) is -0.774. The van der Waals surface area contributed by atoms with Crippen LogP contribution in [0, 0.1) is 0 Å². The minimum Gasteiger partial charge on any atom is -0.480 e. The molecule has 0 aromatic rings. The van der Waals surface area contributed by atoms with Crippen LogP contribution in [-0.2, 0) is 15.7 Å². The van der Waals surface area contributed by atoms with Gasteiger partial charge in [0.05, 0.1) is 0 Å². The summed E-state index contributed by atoms with van der Waals surface area (Å²) >= 11 is 0. The molecule has 0 aromatic heterocycles. The molecular weight excluding hydrogens is 182 g/mol. The number of carboxylic acid groups (broad SMARTS) is 2. The average Bonchev–Trinajstić information content (AvgIpc) is 2.30. The van der Waals surface area contributed by atoms with Gasteiger partial charge in [-0.05, 0) is 6.92 Å². The number of hydrogen-bond acceptors (Lipinski definition) is 3. The quantitative estimate of drug-likeness (QED) is 0.496. The summed E-state index contributed by atoms with van der Waals surface area (Å²) in [6, 6.07) is -0.695. The molecule has 1 saturated heterocycles. The molecule has 68 valence electrons. The van der Waals surface area contributed by atoms with Gasteiger partial charge in [-0.1, -0.05) is 0 Å². The Bertz CT molecular complexity index is 220. The van der Waals surface area contributed by atoms with E-state index in [1.165, 1.54) is 0 Å². The van der Waals surface area contributed by atoms with Crippen molar-refractivity contribution in [2.24, 2.45) is 0 Å². The molecule has 0 radical (unpaired) electrons. The molecule has 5 nitrogen and oxygen atoms in total. The van der Waals surface area contributed by atoms with Gasteiger partial charge in [-0.25, -0.2) is 0 Å². The summed E-state index contributed by atoms with van der Waals surface area (Å²) in [5, 5.41) is 18.8.